The number of likely N-dealkylation sites (N-methyl/N-ethyl adjacent to an activating group) is 1. The van der Waals surface area contributed by atoms with E-state index in [1.807, 2.05) is 7.05 Å². The Balaban J connectivity index is 0.00000280. The number of nitrogens with zero attached hydrogens (tertiary/aromatic N) is 2. The largest absolute Gasteiger partial charge is 0.374 e. The lowest BCUT2D eigenvalue weighted by Crippen LogP contribution is -2.48. The number of aliphatic imine (C=N–C) groups is 1. The van der Waals surface area contributed by atoms with Gasteiger partial charge in [-0.05, 0) is 18.2 Å². The van der Waals surface area contributed by atoms with Gasteiger partial charge < -0.3 is 20.3 Å². The maximum absolute atomic E-state index is 5.82. The van der Waals surface area contributed by atoms with Gasteiger partial charge in [0.25, 0.3) is 0 Å². The monoisotopic (exact) mass is 494 g/mol. The molecule has 1 heterocycles. The molecular formula is C22H31IN4O. The summed E-state index contributed by atoms with van der Waals surface area (Å²) in [7, 11) is 3.94. The minimum atomic E-state index is 0. The zero-order chi connectivity index (χ0) is 18.9. The number of halogens is 1. The lowest BCUT2D eigenvalue weighted by Gasteiger charge is -2.30. The van der Waals surface area contributed by atoms with Crippen molar-refractivity contribution in [3.8, 4) is 0 Å². The molecule has 2 N–H and O–H groups in total. The van der Waals surface area contributed by atoms with Crippen LogP contribution in [0.1, 0.15) is 17.0 Å². The molecule has 0 bridgehead atoms. The topological polar surface area (TPSA) is 48.9 Å². The average molecular weight is 494 g/mol. The minimum absolute atomic E-state index is 0. The van der Waals surface area contributed by atoms with E-state index in [4.69, 9.17) is 4.74 Å². The van der Waals surface area contributed by atoms with Gasteiger partial charge in [0.1, 0.15) is 0 Å². The zero-order valence-electron chi connectivity index (χ0n) is 16.7. The summed E-state index contributed by atoms with van der Waals surface area (Å²) in [6, 6.07) is 21.2. The molecule has 0 aromatic heterocycles. The second kappa shape index (κ2) is 12.0. The fraction of sp³-hybridized carbons (Fsp3) is 0.409. The highest BCUT2D eigenvalue weighted by molar-refractivity contribution is 14.0. The van der Waals surface area contributed by atoms with Crippen LogP contribution in [0.2, 0.25) is 0 Å². The molecule has 3 rings (SSSR count). The third kappa shape index (κ3) is 6.76. The Morgan fingerprint density at radius 2 is 1.68 bits per heavy atom. The first-order valence-corrected chi connectivity index (χ1v) is 9.61. The highest BCUT2D eigenvalue weighted by Crippen LogP contribution is 2.23. The first kappa shape index (κ1) is 22.6. The summed E-state index contributed by atoms with van der Waals surface area (Å²) in [4.78, 5) is 6.67. The van der Waals surface area contributed by atoms with Crippen molar-refractivity contribution in [3.63, 3.8) is 0 Å². The molecule has 0 saturated carbocycles. The van der Waals surface area contributed by atoms with Crippen LogP contribution in [0.3, 0.4) is 0 Å². The van der Waals surface area contributed by atoms with Gasteiger partial charge in [0.05, 0.1) is 12.7 Å². The molecule has 28 heavy (non-hydrogen) atoms. The van der Waals surface area contributed by atoms with E-state index in [1.165, 1.54) is 11.1 Å². The zero-order valence-corrected chi connectivity index (χ0v) is 19.0. The van der Waals surface area contributed by atoms with E-state index in [-0.39, 0.29) is 36.0 Å². The van der Waals surface area contributed by atoms with Crippen LogP contribution in [0.15, 0.2) is 65.7 Å². The summed E-state index contributed by atoms with van der Waals surface area (Å²) in [6.07, 6.45) is 0.196. The summed E-state index contributed by atoms with van der Waals surface area (Å²) in [5.74, 6) is 1.08. The molecule has 1 unspecified atom stereocenters. The minimum Gasteiger partial charge on any atom is -0.374 e. The van der Waals surface area contributed by atoms with Crippen molar-refractivity contribution in [2.75, 3.05) is 46.9 Å². The predicted octanol–water partition coefficient (Wildman–Crippen LogP) is 2.93. The normalized spacial score (nSPS) is 17.8. The Morgan fingerprint density at radius 3 is 2.21 bits per heavy atom. The first-order valence-electron chi connectivity index (χ1n) is 9.61. The first-order chi connectivity index (χ1) is 13.3. The van der Waals surface area contributed by atoms with E-state index in [0.717, 1.165) is 38.7 Å². The van der Waals surface area contributed by atoms with Crippen molar-refractivity contribution < 1.29 is 4.74 Å². The van der Waals surface area contributed by atoms with E-state index in [1.54, 1.807) is 0 Å². The molecule has 0 radical (unpaired) electrons. The van der Waals surface area contributed by atoms with Crippen molar-refractivity contribution in [2.24, 2.45) is 4.99 Å². The molecule has 0 amide bonds. The lowest BCUT2D eigenvalue weighted by atomic mass is 9.91. The van der Waals surface area contributed by atoms with Gasteiger partial charge in [-0.2, -0.15) is 0 Å². The molecule has 2 aromatic rings. The molecule has 1 fully saturated rings. The standard InChI is InChI=1S/C22H30N4O.HI/c1-23-22(24-15-20-17-26(2)13-14-27-20)25-16-21(18-9-5-3-6-10-18)19-11-7-4-8-12-19;/h3-12,20-21H,13-17H2,1-2H3,(H2,23,24,25);1H. The average Bonchev–Trinajstić information content (AvgIpc) is 2.72. The molecule has 2 aromatic carbocycles. The molecule has 6 heteroatoms. The number of nitrogens with one attached hydrogen (secondary N) is 2. The second-order valence-electron chi connectivity index (χ2n) is 6.96. The number of rotatable bonds is 6. The van der Waals surface area contributed by atoms with E-state index in [2.05, 4.69) is 88.2 Å². The maximum Gasteiger partial charge on any atom is 0.191 e. The number of hydrogen-bond donors (Lipinski definition) is 2. The number of benzene rings is 2. The van der Waals surface area contributed by atoms with Gasteiger partial charge in [-0.3, -0.25) is 4.99 Å². The fourth-order valence-corrected chi connectivity index (χ4v) is 3.42. The van der Waals surface area contributed by atoms with Crippen molar-refractivity contribution >= 4 is 29.9 Å². The summed E-state index contributed by atoms with van der Waals surface area (Å²) in [5.41, 5.74) is 2.59. The van der Waals surface area contributed by atoms with Crippen LogP contribution in [-0.4, -0.2) is 63.8 Å². The third-order valence-corrected chi connectivity index (χ3v) is 4.94. The Hall–Kier alpha value is -1.64. The molecule has 152 valence electrons. The molecule has 5 nitrogen and oxygen atoms in total. The predicted molar refractivity (Wildman–Crippen MR) is 127 cm³/mol. The van der Waals surface area contributed by atoms with Gasteiger partial charge in [-0.25, -0.2) is 0 Å². The van der Waals surface area contributed by atoms with Gasteiger partial charge in [0, 0.05) is 39.1 Å². The van der Waals surface area contributed by atoms with Crippen molar-refractivity contribution in [1.82, 2.24) is 15.5 Å². The van der Waals surface area contributed by atoms with Crippen LogP contribution in [0.4, 0.5) is 0 Å². The van der Waals surface area contributed by atoms with Gasteiger partial charge >= 0.3 is 0 Å². The molecular weight excluding hydrogens is 463 g/mol. The Kier molecular flexibility index (Phi) is 9.73. The van der Waals surface area contributed by atoms with Crippen LogP contribution in [0, 0.1) is 0 Å². The highest BCUT2D eigenvalue weighted by atomic mass is 127. The van der Waals surface area contributed by atoms with Crippen LogP contribution in [-0.2, 0) is 4.74 Å². The van der Waals surface area contributed by atoms with Crippen LogP contribution < -0.4 is 10.6 Å². The molecule has 1 atom stereocenters. The molecule has 0 aliphatic carbocycles. The number of morpholine rings is 1. The third-order valence-electron chi connectivity index (χ3n) is 4.94. The van der Waals surface area contributed by atoms with Crippen LogP contribution in [0.25, 0.3) is 0 Å². The summed E-state index contributed by atoms with van der Waals surface area (Å²) < 4.78 is 5.82. The smallest absolute Gasteiger partial charge is 0.191 e. The van der Waals surface area contributed by atoms with Crippen molar-refractivity contribution in [1.29, 1.82) is 0 Å². The maximum atomic E-state index is 5.82. The van der Waals surface area contributed by atoms with E-state index >= 15 is 0 Å². The number of ether oxygens (including phenoxy) is 1. The van der Waals surface area contributed by atoms with Crippen LogP contribution in [0.5, 0.6) is 0 Å². The number of hydrogen-bond acceptors (Lipinski definition) is 3. The number of guanidine groups is 1. The van der Waals surface area contributed by atoms with E-state index in [0.29, 0.717) is 0 Å². The highest BCUT2D eigenvalue weighted by Gasteiger charge is 2.18. The van der Waals surface area contributed by atoms with Crippen molar-refractivity contribution in [3.05, 3.63) is 71.8 Å². The van der Waals surface area contributed by atoms with Gasteiger partial charge in [-0.15, -0.1) is 24.0 Å². The van der Waals surface area contributed by atoms with Gasteiger partial charge in [-0.1, -0.05) is 60.7 Å². The Labute approximate surface area is 185 Å². The Morgan fingerprint density at radius 1 is 1.07 bits per heavy atom. The molecule has 1 saturated heterocycles. The second-order valence-corrected chi connectivity index (χ2v) is 6.96. The molecule has 1 aliphatic rings. The summed E-state index contributed by atoms with van der Waals surface area (Å²) >= 11 is 0. The van der Waals surface area contributed by atoms with Crippen LogP contribution >= 0.6 is 24.0 Å². The van der Waals surface area contributed by atoms with Gasteiger partial charge in [0.15, 0.2) is 5.96 Å². The molecule has 1 aliphatic heterocycles. The van der Waals surface area contributed by atoms with Gasteiger partial charge in [0.2, 0.25) is 0 Å². The lowest BCUT2D eigenvalue weighted by molar-refractivity contribution is -0.0161. The summed E-state index contributed by atoms with van der Waals surface area (Å²) in [6.45, 7) is 4.27. The SMILES string of the molecule is CN=C(NCC1CN(C)CCO1)NCC(c1ccccc1)c1ccccc1.I. The quantitative estimate of drug-likeness (QED) is 0.369. The molecule has 0 spiro atoms. The van der Waals surface area contributed by atoms with Crippen molar-refractivity contribution in [2.45, 2.75) is 12.0 Å². The van der Waals surface area contributed by atoms with E-state index in [9.17, 15) is 0 Å². The fourth-order valence-electron chi connectivity index (χ4n) is 3.42. The van der Waals surface area contributed by atoms with E-state index < -0.39 is 0 Å². The summed E-state index contributed by atoms with van der Waals surface area (Å²) in [5, 5.41) is 6.89. The Bertz CT molecular complexity index is 671.